The maximum atomic E-state index is 14.4. The average molecular weight is 408 g/mol. The molecule has 0 saturated carbocycles. The zero-order valence-electron chi connectivity index (χ0n) is 16.9. The van der Waals surface area contributed by atoms with Crippen LogP contribution in [0.4, 0.5) is 10.1 Å². The molecule has 7 nitrogen and oxygen atoms in total. The normalized spacial score (nSPS) is 11.3. The van der Waals surface area contributed by atoms with Gasteiger partial charge in [-0.05, 0) is 47.9 Å². The number of aryl methyl sites for hydroxylation is 2. The van der Waals surface area contributed by atoms with E-state index in [1.165, 1.54) is 6.07 Å². The third kappa shape index (κ3) is 3.15. The van der Waals surface area contributed by atoms with Gasteiger partial charge in [-0.15, -0.1) is 0 Å². The summed E-state index contributed by atoms with van der Waals surface area (Å²) >= 11 is 0. The number of anilines is 1. The number of fused-ring (bicyclic) bond motifs is 3. The number of methoxy groups -OCH3 is 1. The monoisotopic (exact) mass is 408 g/mol. The average Bonchev–Trinajstić information content (AvgIpc) is 2.99. The van der Waals surface area contributed by atoms with E-state index in [4.69, 9.17) is 4.74 Å². The molecule has 2 aromatic carbocycles. The lowest BCUT2D eigenvalue weighted by Gasteiger charge is -2.11. The number of benzene rings is 2. The standard InChI is InChI=1S/C22H21FN4O3/c1-13-8-19(25-12-28)17(23)10-15(13)14-4-5-18-16(9-14)21-20(11-24-18)26(2)22(29)27(21)6-7-30-3/h4-5,8-12H,6-7H2,1-3H3,(H,25,28). The highest BCUT2D eigenvalue weighted by Gasteiger charge is 2.16. The Morgan fingerprint density at radius 3 is 2.80 bits per heavy atom. The van der Waals surface area contributed by atoms with Crippen LogP contribution in [-0.2, 0) is 23.1 Å². The molecular formula is C22H21FN4O3. The zero-order chi connectivity index (χ0) is 21.4. The Kier molecular flexibility index (Phi) is 5.09. The van der Waals surface area contributed by atoms with Gasteiger partial charge in [0.25, 0.3) is 0 Å². The van der Waals surface area contributed by atoms with Crippen LogP contribution in [0.2, 0.25) is 0 Å². The highest BCUT2D eigenvalue weighted by molar-refractivity contribution is 6.04. The molecule has 4 aromatic rings. The lowest BCUT2D eigenvalue weighted by Crippen LogP contribution is -2.23. The third-order valence-corrected chi connectivity index (χ3v) is 5.33. The van der Waals surface area contributed by atoms with Gasteiger partial charge in [0.15, 0.2) is 0 Å². The molecule has 0 spiro atoms. The number of aromatic nitrogens is 3. The molecule has 4 rings (SSSR count). The molecule has 1 amide bonds. The van der Waals surface area contributed by atoms with Crippen LogP contribution < -0.4 is 11.0 Å². The predicted octanol–water partition coefficient (Wildman–Crippen LogP) is 3.22. The van der Waals surface area contributed by atoms with Crippen LogP contribution in [0.1, 0.15) is 5.56 Å². The molecule has 0 atom stereocenters. The fraction of sp³-hybridized carbons (Fsp3) is 0.227. The zero-order valence-corrected chi connectivity index (χ0v) is 16.9. The van der Waals surface area contributed by atoms with E-state index in [-0.39, 0.29) is 11.4 Å². The number of rotatable bonds is 6. The van der Waals surface area contributed by atoms with Crippen LogP contribution in [0.3, 0.4) is 0 Å². The minimum Gasteiger partial charge on any atom is -0.383 e. The number of amides is 1. The van der Waals surface area contributed by atoms with Gasteiger partial charge in [0.1, 0.15) is 5.82 Å². The van der Waals surface area contributed by atoms with Crippen LogP contribution >= 0.6 is 0 Å². The summed E-state index contributed by atoms with van der Waals surface area (Å²) < 4.78 is 22.8. The Labute approximate surface area is 171 Å². The summed E-state index contributed by atoms with van der Waals surface area (Å²) in [6.07, 6.45) is 2.14. The summed E-state index contributed by atoms with van der Waals surface area (Å²) in [7, 11) is 3.30. The van der Waals surface area contributed by atoms with Crippen LogP contribution in [0.25, 0.3) is 33.1 Å². The molecule has 0 bridgehead atoms. The number of carbonyl (C=O) groups is 1. The molecule has 2 heterocycles. The Hall–Kier alpha value is -3.52. The molecule has 0 aliphatic rings. The van der Waals surface area contributed by atoms with Crippen LogP contribution in [-0.4, -0.2) is 34.2 Å². The van der Waals surface area contributed by atoms with E-state index < -0.39 is 5.82 Å². The summed E-state index contributed by atoms with van der Waals surface area (Å²) in [6, 6.07) is 8.65. The smallest absolute Gasteiger partial charge is 0.328 e. The first-order chi connectivity index (χ1) is 14.5. The van der Waals surface area contributed by atoms with Gasteiger partial charge in [-0.2, -0.15) is 0 Å². The highest BCUT2D eigenvalue weighted by Crippen LogP contribution is 2.32. The lowest BCUT2D eigenvalue weighted by atomic mass is 9.98. The van der Waals surface area contributed by atoms with E-state index in [9.17, 15) is 14.0 Å². The molecule has 2 aromatic heterocycles. The molecule has 154 valence electrons. The van der Waals surface area contributed by atoms with Gasteiger partial charge in [-0.25, -0.2) is 9.18 Å². The van der Waals surface area contributed by atoms with E-state index in [1.807, 2.05) is 25.1 Å². The molecule has 0 unspecified atom stereocenters. The second-order valence-electron chi connectivity index (χ2n) is 7.12. The van der Waals surface area contributed by atoms with E-state index in [0.29, 0.717) is 30.6 Å². The second kappa shape index (κ2) is 7.72. The lowest BCUT2D eigenvalue weighted by molar-refractivity contribution is -0.105. The number of pyridine rings is 1. The number of nitrogens with one attached hydrogen (secondary N) is 1. The fourth-order valence-corrected chi connectivity index (χ4v) is 3.80. The summed E-state index contributed by atoms with van der Waals surface area (Å²) in [6.45, 7) is 2.67. The quantitative estimate of drug-likeness (QED) is 0.497. The van der Waals surface area contributed by atoms with Crippen molar-refractivity contribution in [1.29, 1.82) is 0 Å². The molecule has 1 N–H and O–H groups in total. The summed E-state index contributed by atoms with van der Waals surface area (Å²) in [5.41, 5.74) is 4.51. The molecular weight excluding hydrogens is 387 g/mol. The van der Waals surface area contributed by atoms with E-state index >= 15 is 0 Å². The molecule has 30 heavy (non-hydrogen) atoms. The Balaban J connectivity index is 1.97. The SMILES string of the molecule is COCCn1c(=O)n(C)c2cnc3ccc(-c4cc(F)c(NC=O)cc4C)cc3c21. The number of hydrogen-bond acceptors (Lipinski definition) is 4. The number of imidazole rings is 1. The molecule has 0 fully saturated rings. The van der Waals surface area contributed by atoms with Crippen LogP contribution in [0.15, 0.2) is 41.3 Å². The van der Waals surface area contributed by atoms with Crippen molar-refractivity contribution in [3.8, 4) is 11.1 Å². The number of halogens is 1. The molecule has 8 heteroatoms. The van der Waals surface area contributed by atoms with Gasteiger partial charge in [0, 0.05) is 19.5 Å². The maximum absolute atomic E-state index is 14.4. The molecule has 0 aliphatic heterocycles. The van der Waals surface area contributed by atoms with Crippen molar-refractivity contribution >= 4 is 34.0 Å². The number of nitrogens with zero attached hydrogens (tertiary/aromatic N) is 3. The van der Waals surface area contributed by atoms with Crippen molar-refractivity contribution in [3.05, 3.63) is 58.4 Å². The fourth-order valence-electron chi connectivity index (χ4n) is 3.80. The van der Waals surface area contributed by atoms with Gasteiger partial charge in [0.05, 0.1) is 41.6 Å². The summed E-state index contributed by atoms with van der Waals surface area (Å²) in [5, 5.41) is 3.17. The predicted molar refractivity (Wildman–Crippen MR) is 114 cm³/mol. The Morgan fingerprint density at radius 2 is 2.07 bits per heavy atom. The molecule has 0 aliphatic carbocycles. The van der Waals surface area contributed by atoms with Crippen molar-refractivity contribution in [1.82, 2.24) is 14.1 Å². The minimum absolute atomic E-state index is 0.132. The third-order valence-electron chi connectivity index (χ3n) is 5.33. The first-order valence-corrected chi connectivity index (χ1v) is 9.44. The number of ether oxygens (including phenoxy) is 1. The van der Waals surface area contributed by atoms with Gasteiger partial charge in [-0.3, -0.25) is 18.9 Å². The maximum Gasteiger partial charge on any atom is 0.328 e. The molecule has 0 radical (unpaired) electrons. The van der Waals surface area contributed by atoms with Gasteiger partial charge in [-0.1, -0.05) is 6.07 Å². The molecule has 0 saturated heterocycles. The van der Waals surface area contributed by atoms with Crippen LogP contribution in [0.5, 0.6) is 0 Å². The first kappa shape index (κ1) is 19.8. The second-order valence-corrected chi connectivity index (χ2v) is 7.12. The van der Waals surface area contributed by atoms with E-state index in [0.717, 1.165) is 27.5 Å². The number of carbonyl (C=O) groups excluding carboxylic acids is 1. The van der Waals surface area contributed by atoms with Crippen molar-refractivity contribution in [2.45, 2.75) is 13.5 Å². The van der Waals surface area contributed by atoms with Crippen molar-refractivity contribution in [3.63, 3.8) is 0 Å². The topological polar surface area (TPSA) is 78.2 Å². The van der Waals surface area contributed by atoms with Gasteiger partial charge >= 0.3 is 5.69 Å². The van der Waals surface area contributed by atoms with Crippen molar-refractivity contribution in [2.24, 2.45) is 7.05 Å². The minimum atomic E-state index is -0.518. The van der Waals surface area contributed by atoms with E-state index in [2.05, 4.69) is 10.3 Å². The summed E-state index contributed by atoms with van der Waals surface area (Å²) in [5.74, 6) is -0.518. The Bertz CT molecular complexity index is 1340. The number of hydrogen-bond donors (Lipinski definition) is 1. The Morgan fingerprint density at radius 1 is 1.27 bits per heavy atom. The van der Waals surface area contributed by atoms with Crippen molar-refractivity contribution in [2.75, 3.05) is 19.0 Å². The van der Waals surface area contributed by atoms with E-state index in [1.54, 1.807) is 35.6 Å². The largest absolute Gasteiger partial charge is 0.383 e. The highest BCUT2D eigenvalue weighted by atomic mass is 19.1. The van der Waals surface area contributed by atoms with Crippen LogP contribution in [0, 0.1) is 12.7 Å². The summed E-state index contributed by atoms with van der Waals surface area (Å²) in [4.78, 5) is 27.9. The van der Waals surface area contributed by atoms with Gasteiger partial charge in [0.2, 0.25) is 6.41 Å². The first-order valence-electron chi connectivity index (χ1n) is 9.44. The van der Waals surface area contributed by atoms with Gasteiger partial charge < -0.3 is 10.1 Å². The van der Waals surface area contributed by atoms with Crippen molar-refractivity contribution < 1.29 is 13.9 Å².